The van der Waals surface area contributed by atoms with Gasteiger partial charge in [0.15, 0.2) is 0 Å². The molecule has 0 saturated carbocycles. The molecule has 1 N–H and O–H groups in total. The van der Waals surface area contributed by atoms with Gasteiger partial charge in [-0.3, -0.25) is 4.98 Å². The van der Waals surface area contributed by atoms with Crippen LogP contribution in [-0.2, 0) is 13.1 Å². The van der Waals surface area contributed by atoms with Crippen molar-refractivity contribution in [3.8, 4) is 11.3 Å². The van der Waals surface area contributed by atoms with Crippen LogP contribution < -0.4 is 5.32 Å². The Labute approximate surface area is 134 Å². The van der Waals surface area contributed by atoms with Gasteiger partial charge in [-0.15, -0.1) is 12.4 Å². The zero-order chi connectivity index (χ0) is 14.5. The first-order valence-electron chi connectivity index (χ1n) is 6.75. The second-order valence-corrected chi connectivity index (χ2v) is 4.74. The summed E-state index contributed by atoms with van der Waals surface area (Å²) in [6, 6.07) is 14.0. The zero-order valence-corrected chi connectivity index (χ0v) is 12.6. The lowest BCUT2D eigenvalue weighted by atomic mass is 10.2. The third-order valence-corrected chi connectivity index (χ3v) is 3.14. The number of halogens is 2. The minimum absolute atomic E-state index is 0. The van der Waals surface area contributed by atoms with Gasteiger partial charge in [0.25, 0.3) is 0 Å². The van der Waals surface area contributed by atoms with E-state index in [0.29, 0.717) is 6.54 Å². The average molecular weight is 319 g/mol. The van der Waals surface area contributed by atoms with Gasteiger partial charge in [-0.2, -0.15) is 0 Å². The first-order valence-corrected chi connectivity index (χ1v) is 6.75. The second-order valence-electron chi connectivity index (χ2n) is 4.74. The Hall–Kier alpha value is -2.17. The van der Waals surface area contributed by atoms with Crippen molar-refractivity contribution in [2.45, 2.75) is 13.1 Å². The van der Waals surface area contributed by atoms with Crippen LogP contribution in [0.4, 0.5) is 4.39 Å². The Morgan fingerprint density at radius 2 is 1.82 bits per heavy atom. The molecular weight excluding hydrogens is 303 g/mol. The van der Waals surface area contributed by atoms with Crippen LogP contribution in [0.25, 0.3) is 11.3 Å². The maximum Gasteiger partial charge on any atom is 0.134 e. The van der Waals surface area contributed by atoms with Crippen molar-refractivity contribution >= 4 is 12.4 Å². The van der Waals surface area contributed by atoms with E-state index in [9.17, 15) is 4.39 Å². The van der Waals surface area contributed by atoms with Gasteiger partial charge in [-0.05, 0) is 48.0 Å². The molecule has 22 heavy (non-hydrogen) atoms. The molecule has 0 atom stereocenters. The molecule has 3 nitrogen and oxygen atoms in total. The van der Waals surface area contributed by atoms with Gasteiger partial charge < -0.3 is 9.73 Å². The van der Waals surface area contributed by atoms with Crippen molar-refractivity contribution in [2.75, 3.05) is 0 Å². The van der Waals surface area contributed by atoms with Crippen LogP contribution in [0.2, 0.25) is 0 Å². The molecule has 0 saturated heterocycles. The van der Waals surface area contributed by atoms with Crippen molar-refractivity contribution in [1.29, 1.82) is 0 Å². The highest BCUT2D eigenvalue weighted by Gasteiger charge is 2.04. The molecule has 3 aromatic rings. The van der Waals surface area contributed by atoms with Crippen LogP contribution in [0.3, 0.4) is 0 Å². The maximum absolute atomic E-state index is 12.9. The topological polar surface area (TPSA) is 38.1 Å². The highest BCUT2D eigenvalue weighted by Crippen LogP contribution is 2.22. The van der Waals surface area contributed by atoms with E-state index < -0.39 is 0 Å². The van der Waals surface area contributed by atoms with Crippen LogP contribution in [0.15, 0.2) is 65.3 Å². The zero-order valence-electron chi connectivity index (χ0n) is 11.8. The van der Waals surface area contributed by atoms with E-state index in [-0.39, 0.29) is 18.2 Å². The molecule has 2 aromatic heterocycles. The molecule has 0 aliphatic carbocycles. The standard InChI is InChI=1S/C17H15FN2O.ClH/c18-15-5-3-14(4-6-15)17-8-7-16(21-17)12-20-11-13-2-1-9-19-10-13;/h1-10,20H,11-12H2;1H. The Bertz CT molecular complexity index is 698. The molecule has 0 spiro atoms. The average Bonchev–Trinajstić information content (AvgIpc) is 2.98. The minimum atomic E-state index is -0.247. The largest absolute Gasteiger partial charge is 0.460 e. The number of pyridine rings is 1. The van der Waals surface area contributed by atoms with Gasteiger partial charge in [0.1, 0.15) is 17.3 Å². The van der Waals surface area contributed by atoms with E-state index in [1.165, 1.54) is 12.1 Å². The summed E-state index contributed by atoms with van der Waals surface area (Å²) in [4.78, 5) is 4.07. The molecule has 0 amide bonds. The number of benzene rings is 1. The van der Waals surface area contributed by atoms with E-state index in [1.807, 2.05) is 30.5 Å². The number of furan rings is 1. The number of nitrogens with one attached hydrogen (secondary N) is 1. The molecule has 1 aromatic carbocycles. The Morgan fingerprint density at radius 1 is 1.00 bits per heavy atom. The van der Waals surface area contributed by atoms with E-state index >= 15 is 0 Å². The van der Waals surface area contributed by atoms with Crippen LogP contribution >= 0.6 is 12.4 Å². The van der Waals surface area contributed by atoms with Crippen molar-refractivity contribution in [3.05, 3.63) is 78.1 Å². The fourth-order valence-electron chi connectivity index (χ4n) is 2.07. The summed E-state index contributed by atoms with van der Waals surface area (Å²) in [6.45, 7) is 1.37. The smallest absolute Gasteiger partial charge is 0.134 e. The predicted octanol–water partition coefficient (Wildman–Crippen LogP) is 4.19. The van der Waals surface area contributed by atoms with Crippen molar-refractivity contribution in [3.63, 3.8) is 0 Å². The van der Waals surface area contributed by atoms with E-state index in [1.54, 1.807) is 18.3 Å². The Balaban J connectivity index is 0.00000176. The number of nitrogens with zero attached hydrogens (tertiary/aromatic N) is 1. The summed E-state index contributed by atoms with van der Waals surface area (Å²) in [5.74, 6) is 1.34. The number of hydrogen-bond donors (Lipinski definition) is 1. The van der Waals surface area contributed by atoms with Crippen LogP contribution in [-0.4, -0.2) is 4.98 Å². The molecule has 0 unspecified atom stereocenters. The SMILES string of the molecule is Cl.Fc1ccc(-c2ccc(CNCc3cccnc3)o2)cc1. The molecule has 0 fully saturated rings. The van der Waals surface area contributed by atoms with Crippen LogP contribution in [0, 0.1) is 5.82 Å². The normalized spacial score (nSPS) is 10.2. The monoisotopic (exact) mass is 318 g/mol. The summed E-state index contributed by atoms with van der Waals surface area (Å²) in [5, 5.41) is 3.30. The van der Waals surface area contributed by atoms with Crippen molar-refractivity contribution in [1.82, 2.24) is 10.3 Å². The summed E-state index contributed by atoms with van der Waals surface area (Å²) in [5.41, 5.74) is 2.00. The lowest BCUT2D eigenvalue weighted by Gasteiger charge is -2.02. The van der Waals surface area contributed by atoms with Crippen molar-refractivity contribution in [2.24, 2.45) is 0 Å². The quantitative estimate of drug-likeness (QED) is 0.766. The van der Waals surface area contributed by atoms with E-state index in [4.69, 9.17) is 4.42 Å². The summed E-state index contributed by atoms with van der Waals surface area (Å²) < 4.78 is 18.6. The molecule has 0 radical (unpaired) electrons. The molecular formula is C17H16ClFN2O. The van der Waals surface area contributed by atoms with Crippen molar-refractivity contribution < 1.29 is 8.81 Å². The number of hydrogen-bond acceptors (Lipinski definition) is 3. The van der Waals surface area contributed by atoms with E-state index in [0.717, 1.165) is 29.2 Å². The molecule has 0 bridgehead atoms. The molecule has 0 aliphatic heterocycles. The molecule has 114 valence electrons. The minimum Gasteiger partial charge on any atom is -0.460 e. The lowest BCUT2D eigenvalue weighted by molar-refractivity contribution is 0.493. The van der Waals surface area contributed by atoms with Gasteiger partial charge in [-0.25, -0.2) is 4.39 Å². The fourth-order valence-corrected chi connectivity index (χ4v) is 2.07. The highest BCUT2D eigenvalue weighted by molar-refractivity contribution is 5.85. The summed E-state index contributed by atoms with van der Waals surface area (Å²) in [7, 11) is 0. The van der Waals surface area contributed by atoms with Gasteiger partial charge in [0.2, 0.25) is 0 Å². The Morgan fingerprint density at radius 3 is 2.55 bits per heavy atom. The first kappa shape index (κ1) is 16.2. The molecule has 5 heteroatoms. The van der Waals surface area contributed by atoms with Gasteiger partial charge in [0, 0.05) is 24.5 Å². The van der Waals surface area contributed by atoms with Crippen LogP contribution in [0.1, 0.15) is 11.3 Å². The first-order chi connectivity index (χ1) is 10.3. The molecule has 0 aliphatic rings. The molecule has 2 heterocycles. The highest BCUT2D eigenvalue weighted by atomic mass is 35.5. The maximum atomic E-state index is 12.9. The van der Waals surface area contributed by atoms with E-state index in [2.05, 4.69) is 10.3 Å². The van der Waals surface area contributed by atoms with Gasteiger partial charge in [-0.1, -0.05) is 6.07 Å². The van der Waals surface area contributed by atoms with Gasteiger partial charge in [0.05, 0.1) is 6.54 Å². The lowest BCUT2D eigenvalue weighted by Crippen LogP contribution is -2.12. The van der Waals surface area contributed by atoms with Crippen LogP contribution in [0.5, 0.6) is 0 Å². The predicted molar refractivity (Wildman–Crippen MR) is 86.1 cm³/mol. The fraction of sp³-hybridized carbons (Fsp3) is 0.118. The number of aromatic nitrogens is 1. The molecule has 3 rings (SSSR count). The Kier molecular flexibility index (Phi) is 5.69. The number of rotatable bonds is 5. The summed E-state index contributed by atoms with van der Waals surface area (Å²) >= 11 is 0. The summed E-state index contributed by atoms with van der Waals surface area (Å²) in [6.07, 6.45) is 3.59. The third kappa shape index (κ3) is 4.16. The van der Waals surface area contributed by atoms with Gasteiger partial charge >= 0.3 is 0 Å². The third-order valence-electron chi connectivity index (χ3n) is 3.14. The second kappa shape index (κ2) is 7.73.